The lowest BCUT2D eigenvalue weighted by Gasteiger charge is -2.37. The molecule has 6 nitrogen and oxygen atoms in total. The molecule has 0 aromatic carbocycles. The topological polar surface area (TPSA) is 83.9 Å². The number of aliphatic hydroxyl groups is 1. The summed E-state index contributed by atoms with van der Waals surface area (Å²) in [6, 6.07) is 0. The van der Waals surface area contributed by atoms with Crippen molar-refractivity contribution in [3.05, 3.63) is 0 Å². The van der Waals surface area contributed by atoms with E-state index in [9.17, 15) is 18.3 Å². The molecule has 2 rings (SSSR count). The number of carbonyl (C=O) groups is 1. The van der Waals surface area contributed by atoms with Gasteiger partial charge in [0.15, 0.2) is 0 Å². The normalized spacial score (nSPS) is 36.0. The lowest BCUT2D eigenvalue weighted by molar-refractivity contribution is -0.145. The second kappa shape index (κ2) is 5.61. The largest absolute Gasteiger partial charge is 0.469 e. The van der Waals surface area contributed by atoms with Gasteiger partial charge in [-0.1, -0.05) is 6.42 Å². The minimum absolute atomic E-state index is 0.111. The third-order valence-electron chi connectivity index (χ3n) is 4.34. The number of sulfonamides is 1. The van der Waals surface area contributed by atoms with Crippen LogP contribution in [0.15, 0.2) is 0 Å². The van der Waals surface area contributed by atoms with E-state index in [-0.39, 0.29) is 6.54 Å². The van der Waals surface area contributed by atoms with Crippen LogP contribution in [0.2, 0.25) is 0 Å². The van der Waals surface area contributed by atoms with E-state index in [4.69, 9.17) is 4.74 Å². The number of ether oxygens (including phenoxy) is 1. The summed E-state index contributed by atoms with van der Waals surface area (Å²) in [4.78, 5) is 11.7. The van der Waals surface area contributed by atoms with Crippen LogP contribution >= 0.6 is 0 Å². The molecule has 1 aliphatic carbocycles. The fourth-order valence-electron chi connectivity index (χ4n) is 3.29. The van der Waals surface area contributed by atoms with Crippen LogP contribution < -0.4 is 0 Å². The summed E-state index contributed by atoms with van der Waals surface area (Å²) in [7, 11) is -2.28. The highest BCUT2D eigenvalue weighted by atomic mass is 32.2. The zero-order chi connectivity index (χ0) is 15.0. The smallest absolute Gasteiger partial charge is 0.310 e. The highest BCUT2D eigenvalue weighted by Crippen LogP contribution is 2.35. The van der Waals surface area contributed by atoms with E-state index in [0.717, 1.165) is 0 Å². The highest BCUT2D eigenvalue weighted by Gasteiger charge is 2.46. The summed E-state index contributed by atoms with van der Waals surface area (Å²) < 4.78 is 31.5. The van der Waals surface area contributed by atoms with Crippen molar-refractivity contribution in [3.63, 3.8) is 0 Å². The molecule has 1 saturated carbocycles. The second-order valence-electron chi connectivity index (χ2n) is 6.08. The lowest BCUT2D eigenvalue weighted by Crippen LogP contribution is -2.52. The molecular weight excluding hydrogens is 282 g/mol. The molecule has 0 aromatic heterocycles. The van der Waals surface area contributed by atoms with Crippen molar-refractivity contribution < 1.29 is 23.1 Å². The number of piperidine rings is 1. The van der Waals surface area contributed by atoms with Gasteiger partial charge < -0.3 is 9.84 Å². The molecule has 0 amide bonds. The van der Waals surface area contributed by atoms with E-state index in [2.05, 4.69) is 0 Å². The van der Waals surface area contributed by atoms with Gasteiger partial charge in [-0.3, -0.25) is 4.79 Å². The minimum atomic E-state index is -3.56. The van der Waals surface area contributed by atoms with Crippen LogP contribution in [0.1, 0.15) is 39.0 Å². The zero-order valence-corrected chi connectivity index (χ0v) is 12.9. The lowest BCUT2D eigenvalue weighted by atomic mass is 9.97. The number of methoxy groups -OCH3 is 1. The molecule has 3 atom stereocenters. The van der Waals surface area contributed by atoms with Crippen molar-refractivity contribution >= 4 is 16.0 Å². The van der Waals surface area contributed by atoms with Crippen molar-refractivity contribution in [3.8, 4) is 0 Å². The van der Waals surface area contributed by atoms with Gasteiger partial charge in [0.25, 0.3) is 0 Å². The summed E-state index contributed by atoms with van der Waals surface area (Å²) >= 11 is 0. The predicted octanol–water partition coefficient (Wildman–Crippen LogP) is 0.505. The van der Waals surface area contributed by atoms with Gasteiger partial charge in [-0.25, -0.2) is 8.42 Å². The van der Waals surface area contributed by atoms with Crippen molar-refractivity contribution in [2.75, 3.05) is 20.2 Å². The first-order valence-corrected chi connectivity index (χ1v) is 8.57. The van der Waals surface area contributed by atoms with Crippen LogP contribution in [0.5, 0.6) is 0 Å². The molecule has 1 N–H and O–H groups in total. The van der Waals surface area contributed by atoms with Crippen LogP contribution in [0.25, 0.3) is 0 Å². The maximum absolute atomic E-state index is 12.7. The summed E-state index contributed by atoms with van der Waals surface area (Å²) in [5.41, 5.74) is -0.981. The zero-order valence-electron chi connectivity index (χ0n) is 12.0. The first-order valence-electron chi connectivity index (χ1n) is 7.07. The Morgan fingerprint density at radius 2 is 2.05 bits per heavy atom. The minimum Gasteiger partial charge on any atom is -0.469 e. The number of hydrogen-bond donors (Lipinski definition) is 1. The third kappa shape index (κ3) is 2.99. The van der Waals surface area contributed by atoms with Crippen LogP contribution in [-0.2, 0) is 19.6 Å². The summed E-state index contributed by atoms with van der Waals surface area (Å²) in [6.45, 7) is 2.18. The molecule has 7 heteroatoms. The molecule has 20 heavy (non-hydrogen) atoms. The molecule has 2 fully saturated rings. The Kier molecular flexibility index (Phi) is 4.41. The maximum Gasteiger partial charge on any atom is 0.310 e. The molecule has 1 aliphatic heterocycles. The SMILES string of the molecule is COC(=O)C1CCCC1S(=O)(=O)N1CCCC(C)(O)C1. The molecule has 0 radical (unpaired) electrons. The van der Waals surface area contributed by atoms with Gasteiger partial charge in [0.05, 0.1) is 23.9 Å². The van der Waals surface area contributed by atoms with Crippen molar-refractivity contribution in [2.45, 2.75) is 49.9 Å². The monoisotopic (exact) mass is 305 g/mol. The number of nitrogens with zero attached hydrogens (tertiary/aromatic N) is 1. The molecule has 0 aromatic rings. The Morgan fingerprint density at radius 1 is 1.35 bits per heavy atom. The second-order valence-corrected chi connectivity index (χ2v) is 8.23. The van der Waals surface area contributed by atoms with E-state index >= 15 is 0 Å². The summed E-state index contributed by atoms with van der Waals surface area (Å²) in [5, 5.41) is 9.37. The fourth-order valence-corrected chi connectivity index (χ4v) is 5.64. The van der Waals surface area contributed by atoms with Gasteiger partial charge in [-0.05, 0) is 32.6 Å². The maximum atomic E-state index is 12.7. The van der Waals surface area contributed by atoms with Gasteiger partial charge in [0.2, 0.25) is 10.0 Å². The molecule has 2 aliphatic rings. The van der Waals surface area contributed by atoms with Crippen LogP contribution in [0, 0.1) is 5.92 Å². The molecule has 1 saturated heterocycles. The van der Waals surface area contributed by atoms with Crippen molar-refractivity contribution in [1.82, 2.24) is 4.31 Å². The Balaban J connectivity index is 2.19. The number of rotatable bonds is 3. The van der Waals surface area contributed by atoms with E-state index in [1.165, 1.54) is 11.4 Å². The Hall–Kier alpha value is -0.660. The highest BCUT2D eigenvalue weighted by molar-refractivity contribution is 7.89. The molecule has 0 bridgehead atoms. The number of esters is 1. The summed E-state index contributed by atoms with van der Waals surface area (Å²) in [6.07, 6.45) is 3.00. The van der Waals surface area contributed by atoms with E-state index in [1.807, 2.05) is 0 Å². The van der Waals surface area contributed by atoms with Crippen LogP contribution in [0.3, 0.4) is 0 Å². The van der Waals surface area contributed by atoms with Crippen LogP contribution in [0.4, 0.5) is 0 Å². The predicted molar refractivity (Wildman–Crippen MR) is 73.5 cm³/mol. The third-order valence-corrected chi connectivity index (χ3v) is 6.70. The molecule has 0 spiro atoms. The Bertz CT molecular complexity index is 473. The summed E-state index contributed by atoms with van der Waals surface area (Å²) in [5.74, 6) is -1.02. The van der Waals surface area contributed by atoms with Gasteiger partial charge in [-0.2, -0.15) is 4.31 Å². The molecular formula is C13H23NO5S. The number of β-amino-alcohol motifs (C(OH)–C–C–N with tert-alkyl or cyclic N) is 1. The van der Waals surface area contributed by atoms with Gasteiger partial charge in [-0.15, -0.1) is 0 Å². The van der Waals surface area contributed by atoms with E-state index < -0.39 is 32.8 Å². The van der Waals surface area contributed by atoms with Crippen LogP contribution in [-0.4, -0.2) is 54.8 Å². The number of carbonyl (C=O) groups excluding carboxylic acids is 1. The molecule has 1 heterocycles. The first-order chi connectivity index (χ1) is 9.28. The first kappa shape index (κ1) is 15.7. The van der Waals surface area contributed by atoms with E-state index in [1.54, 1.807) is 6.92 Å². The average molecular weight is 305 g/mol. The van der Waals surface area contributed by atoms with E-state index in [0.29, 0.717) is 38.6 Å². The standard InChI is InChI=1S/C13H23NO5S/c1-13(16)7-4-8-14(9-13)20(17,18)11-6-3-5-10(11)12(15)19-2/h10-11,16H,3-9H2,1-2H3. The Labute approximate surface area is 120 Å². The fraction of sp³-hybridized carbons (Fsp3) is 0.923. The molecule has 3 unspecified atom stereocenters. The Morgan fingerprint density at radius 3 is 2.65 bits per heavy atom. The quantitative estimate of drug-likeness (QED) is 0.768. The van der Waals surface area contributed by atoms with Crippen molar-refractivity contribution in [2.24, 2.45) is 5.92 Å². The molecule has 116 valence electrons. The van der Waals surface area contributed by atoms with Gasteiger partial charge >= 0.3 is 5.97 Å². The van der Waals surface area contributed by atoms with Gasteiger partial charge in [0.1, 0.15) is 0 Å². The average Bonchev–Trinajstić information content (AvgIpc) is 2.86. The van der Waals surface area contributed by atoms with Crippen molar-refractivity contribution in [1.29, 1.82) is 0 Å². The van der Waals surface area contributed by atoms with Gasteiger partial charge in [0, 0.05) is 13.1 Å². The number of hydrogen-bond acceptors (Lipinski definition) is 5.